The highest BCUT2D eigenvalue weighted by atomic mass is 127. The molecule has 1 amide bonds. The van der Waals surface area contributed by atoms with Crippen molar-refractivity contribution in [3.8, 4) is 6.07 Å². The third-order valence-corrected chi connectivity index (χ3v) is 5.49. The summed E-state index contributed by atoms with van der Waals surface area (Å²) in [5.74, 6) is 0.117. The number of hydrogen-bond donors (Lipinski definition) is 2. The summed E-state index contributed by atoms with van der Waals surface area (Å²) in [4.78, 5) is 31.7. The molecule has 0 saturated carbocycles. The molecule has 0 aliphatic heterocycles. The Labute approximate surface area is 173 Å². The van der Waals surface area contributed by atoms with Crippen molar-refractivity contribution in [3.05, 3.63) is 85.3 Å². The maximum absolute atomic E-state index is 12.5. The van der Waals surface area contributed by atoms with Crippen LogP contribution in [-0.4, -0.2) is 15.9 Å². The van der Waals surface area contributed by atoms with E-state index in [4.69, 9.17) is 5.26 Å². The summed E-state index contributed by atoms with van der Waals surface area (Å²) in [6.45, 7) is 0. The van der Waals surface area contributed by atoms with Crippen LogP contribution in [0.1, 0.15) is 21.6 Å². The largest absolute Gasteiger partial charge is 0.321 e. The van der Waals surface area contributed by atoms with E-state index in [0.29, 0.717) is 22.2 Å². The first-order chi connectivity index (χ1) is 13.1. The van der Waals surface area contributed by atoms with Crippen LogP contribution in [-0.2, 0) is 5.75 Å². The SMILES string of the molecule is N#Cc1ccc(CSc2nc(C(=O)Nc3ccccc3)c(I)c(=O)[nH]2)cc1. The molecule has 1 heterocycles. The summed E-state index contributed by atoms with van der Waals surface area (Å²) in [5.41, 5.74) is 1.93. The lowest BCUT2D eigenvalue weighted by Crippen LogP contribution is -2.23. The molecule has 0 aliphatic rings. The van der Waals surface area contributed by atoms with Crippen LogP contribution >= 0.6 is 34.4 Å². The third kappa shape index (κ3) is 4.96. The lowest BCUT2D eigenvalue weighted by atomic mass is 10.2. The van der Waals surface area contributed by atoms with Gasteiger partial charge in [-0.05, 0) is 52.4 Å². The highest BCUT2D eigenvalue weighted by Crippen LogP contribution is 2.20. The van der Waals surface area contributed by atoms with E-state index in [1.165, 1.54) is 11.8 Å². The normalized spacial score (nSPS) is 10.2. The monoisotopic (exact) mass is 488 g/mol. The molecule has 2 aromatic carbocycles. The zero-order valence-corrected chi connectivity index (χ0v) is 16.9. The van der Waals surface area contributed by atoms with Crippen molar-refractivity contribution in [3.63, 3.8) is 0 Å². The Bertz CT molecular complexity index is 1060. The molecule has 27 heavy (non-hydrogen) atoms. The van der Waals surface area contributed by atoms with E-state index in [0.717, 1.165) is 5.56 Å². The topological polar surface area (TPSA) is 98.6 Å². The van der Waals surface area contributed by atoms with E-state index < -0.39 is 5.91 Å². The van der Waals surface area contributed by atoms with Crippen LogP contribution in [0.25, 0.3) is 0 Å². The van der Waals surface area contributed by atoms with Gasteiger partial charge in [0.15, 0.2) is 5.16 Å². The van der Waals surface area contributed by atoms with Crippen LogP contribution < -0.4 is 10.9 Å². The molecule has 1 aromatic heterocycles. The third-order valence-electron chi connectivity index (χ3n) is 3.55. The van der Waals surface area contributed by atoms with E-state index in [1.54, 1.807) is 24.3 Å². The summed E-state index contributed by atoms with van der Waals surface area (Å²) < 4.78 is 0.240. The second-order valence-electron chi connectivity index (χ2n) is 5.45. The van der Waals surface area contributed by atoms with Gasteiger partial charge in [-0.3, -0.25) is 9.59 Å². The highest BCUT2D eigenvalue weighted by molar-refractivity contribution is 14.1. The molecule has 2 N–H and O–H groups in total. The van der Waals surface area contributed by atoms with E-state index in [-0.39, 0.29) is 14.8 Å². The minimum atomic E-state index is -0.433. The summed E-state index contributed by atoms with van der Waals surface area (Å²) in [6, 6.07) is 18.2. The van der Waals surface area contributed by atoms with Crippen LogP contribution in [0, 0.1) is 14.9 Å². The molecule has 6 nitrogen and oxygen atoms in total. The molecule has 0 atom stereocenters. The summed E-state index contributed by atoms with van der Waals surface area (Å²) in [5, 5.41) is 11.9. The Balaban J connectivity index is 1.78. The first-order valence-electron chi connectivity index (χ1n) is 7.85. The number of amides is 1. The van der Waals surface area contributed by atoms with Gasteiger partial charge in [0.25, 0.3) is 11.5 Å². The minimum absolute atomic E-state index is 0.0885. The Hall–Kier alpha value is -2.64. The van der Waals surface area contributed by atoms with Crippen LogP contribution in [0.5, 0.6) is 0 Å². The summed E-state index contributed by atoms with van der Waals surface area (Å²) in [7, 11) is 0. The van der Waals surface area contributed by atoms with Crippen molar-refractivity contribution in [1.82, 2.24) is 9.97 Å². The molecule has 3 rings (SSSR count). The average molecular weight is 488 g/mol. The number of nitriles is 1. The maximum Gasteiger partial charge on any atom is 0.275 e. The molecular formula is C19H13IN4O2S. The molecule has 0 radical (unpaired) electrons. The fourth-order valence-electron chi connectivity index (χ4n) is 2.20. The summed E-state index contributed by atoms with van der Waals surface area (Å²) >= 11 is 3.14. The molecule has 134 valence electrons. The molecule has 0 spiro atoms. The van der Waals surface area contributed by atoms with Crippen LogP contribution in [0.3, 0.4) is 0 Å². The summed E-state index contributed by atoms with van der Waals surface area (Å²) in [6.07, 6.45) is 0. The maximum atomic E-state index is 12.5. The second kappa shape index (κ2) is 8.83. The van der Waals surface area contributed by atoms with Crippen molar-refractivity contribution in [1.29, 1.82) is 5.26 Å². The number of benzene rings is 2. The number of anilines is 1. The Morgan fingerprint density at radius 2 is 1.89 bits per heavy atom. The second-order valence-corrected chi connectivity index (χ2v) is 7.49. The molecule has 0 aliphatic carbocycles. The number of rotatable bonds is 5. The Morgan fingerprint density at radius 1 is 1.19 bits per heavy atom. The predicted molar refractivity (Wildman–Crippen MR) is 113 cm³/mol. The van der Waals surface area contributed by atoms with Crippen LogP contribution in [0.15, 0.2) is 64.5 Å². The van der Waals surface area contributed by atoms with Crippen LogP contribution in [0.2, 0.25) is 0 Å². The van der Waals surface area contributed by atoms with Crippen molar-refractivity contribution in [2.75, 3.05) is 5.32 Å². The molecule has 0 saturated heterocycles. The van der Waals surface area contributed by atoms with Gasteiger partial charge >= 0.3 is 0 Å². The lowest BCUT2D eigenvalue weighted by molar-refractivity contribution is 0.102. The lowest BCUT2D eigenvalue weighted by Gasteiger charge is -2.08. The van der Waals surface area contributed by atoms with Gasteiger partial charge in [0.05, 0.1) is 11.6 Å². The van der Waals surface area contributed by atoms with Crippen molar-refractivity contribution >= 4 is 45.9 Å². The number of aromatic nitrogens is 2. The van der Waals surface area contributed by atoms with E-state index in [1.807, 2.05) is 52.9 Å². The van der Waals surface area contributed by atoms with Crippen molar-refractivity contribution in [2.45, 2.75) is 10.9 Å². The zero-order chi connectivity index (χ0) is 19.2. The Kier molecular flexibility index (Phi) is 6.26. The van der Waals surface area contributed by atoms with E-state index >= 15 is 0 Å². The molecule has 3 aromatic rings. The van der Waals surface area contributed by atoms with Gasteiger partial charge in [-0.1, -0.05) is 42.1 Å². The van der Waals surface area contributed by atoms with Gasteiger partial charge in [0, 0.05) is 11.4 Å². The van der Waals surface area contributed by atoms with Gasteiger partial charge in [-0.25, -0.2) is 4.98 Å². The van der Waals surface area contributed by atoms with Gasteiger partial charge in [0.1, 0.15) is 9.26 Å². The van der Waals surface area contributed by atoms with Crippen molar-refractivity contribution < 1.29 is 4.79 Å². The first-order valence-corrected chi connectivity index (χ1v) is 9.91. The molecule has 0 fully saturated rings. The van der Waals surface area contributed by atoms with Gasteiger partial charge in [0.2, 0.25) is 0 Å². The van der Waals surface area contributed by atoms with Gasteiger partial charge < -0.3 is 10.3 Å². The number of nitrogens with one attached hydrogen (secondary N) is 2. The number of halogens is 1. The van der Waals surface area contributed by atoms with E-state index in [2.05, 4.69) is 21.4 Å². The number of thioether (sulfide) groups is 1. The quantitative estimate of drug-likeness (QED) is 0.324. The Morgan fingerprint density at radius 3 is 2.56 bits per heavy atom. The number of carbonyl (C=O) groups excluding carboxylic acids is 1. The standard InChI is InChI=1S/C19H13IN4O2S/c20-15-16(18(26)22-14-4-2-1-3-5-14)23-19(24-17(15)25)27-11-13-8-6-12(10-21)7-9-13/h1-9H,11H2,(H,22,26)(H,23,24,25). The highest BCUT2D eigenvalue weighted by Gasteiger charge is 2.17. The number of H-pyrrole nitrogens is 1. The average Bonchev–Trinajstić information content (AvgIpc) is 2.69. The molecule has 8 heteroatoms. The molecular weight excluding hydrogens is 475 g/mol. The number of para-hydroxylation sites is 1. The smallest absolute Gasteiger partial charge is 0.275 e. The molecule has 0 bridgehead atoms. The number of hydrogen-bond acceptors (Lipinski definition) is 5. The number of carbonyl (C=O) groups is 1. The fourth-order valence-corrected chi connectivity index (χ4v) is 3.51. The predicted octanol–water partition coefficient (Wildman–Crippen LogP) is 3.79. The van der Waals surface area contributed by atoms with Crippen LogP contribution in [0.4, 0.5) is 5.69 Å². The van der Waals surface area contributed by atoms with E-state index in [9.17, 15) is 9.59 Å². The van der Waals surface area contributed by atoms with Gasteiger partial charge in [-0.15, -0.1) is 0 Å². The minimum Gasteiger partial charge on any atom is -0.321 e. The van der Waals surface area contributed by atoms with Crippen molar-refractivity contribution in [2.24, 2.45) is 0 Å². The van der Waals surface area contributed by atoms with Gasteiger partial charge in [-0.2, -0.15) is 5.26 Å². The number of nitrogens with zero attached hydrogens (tertiary/aromatic N) is 2. The molecule has 0 unspecified atom stereocenters. The zero-order valence-electron chi connectivity index (χ0n) is 13.9. The fraction of sp³-hybridized carbons (Fsp3) is 0.0526. The first kappa shape index (κ1) is 19.1. The number of aromatic amines is 1.